The number of carbonyl (C=O) groups is 1. The molecule has 0 unspecified atom stereocenters. The van der Waals surface area contributed by atoms with Crippen LogP contribution in [0.3, 0.4) is 0 Å². The Morgan fingerprint density at radius 1 is 1.04 bits per heavy atom. The molecule has 0 aliphatic carbocycles. The van der Waals surface area contributed by atoms with Crippen LogP contribution < -0.4 is 14.9 Å². The quantitative estimate of drug-likeness (QED) is 0.700. The van der Waals surface area contributed by atoms with Gasteiger partial charge in [0.1, 0.15) is 19.0 Å². The smallest absolute Gasteiger partial charge is 0.271 e. The molecule has 23 heavy (non-hydrogen) atoms. The molecule has 0 saturated carbocycles. The molecule has 3 rings (SSSR count). The van der Waals surface area contributed by atoms with Crippen molar-refractivity contribution in [2.24, 2.45) is 5.10 Å². The van der Waals surface area contributed by atoms with Crippen LogP contribution in [0.5, 0.6) is 11.5 Å². The number of carbonyl (C=O) groups excluding carboxylic acids is 1. The molecule has 0 bridgehead atoms. The summed E-state index contributed by atoms with van der Waals surface area (Å²) in [5.41, 5.74) is 4.23. The number of benzene rings is 2. The van der Waals surface area contributed by atoms with Crippen molar-refractivity contribution >= 4 is 11.6 Å². The zero-order valence-electron chi connectivity index (χ0n) is 12.5. The number of nitrogens with zero attached hydrogens (tertiary/aromatic N) is 1. The van der Waals surface area contributed by atoms with Gasteiger partial charge in [-0.1, -0.05) is 0 Å². The Kier molecular flexibility index (Phi) is 4.23. The Morgan fingerprint density at radius 3 is 2.43 bits per heavy atom. The number of halogens is 1. The van der Waals surface area contributed by atoms with E-state index >= 15 is 0 Å². The van der Waals surface area contributed by atoms with E-state index in [0.717, 1.165) is 5.56 Å². The van der Waals surface area contributed by atoms with Gasteiger partial charge in [-0.25, -0.2) is 9.82 Å². The summed E-state index contributed by atoms with van der Waals surface area (Å²) in [5.74, 6) is 0.565. The Labute approximate surface area is 132 Å². The van der Waals surface area contributed by atoms with Crippen molar-refractivity contribution in [3.8, 4) is 11.5 Å². The SMILES string of the molecule is C/C(=N/NC(=O)c1ccc(F)cc1)c1ccc2c(c1)OCCO2. The molecule has 5 nitrogen and oxygen atoms in total. The van der Waals surface area contributed by atoms with Gasteiger partial charge in [-0.2, -0.15) is 5.10 Å². The van der Waals surface area contributed by atoms with Crippen LogP contribution in [0.25, 0.3) is 0 Å². The highest BCUT2D eigenvalue weighted by atomic mass is 19.1. The van der Waals surface area contributed by atoms with E-state index in [-0.39, 0.29) is 0 Å². The minimum Gasteiger partial charge on any atom is -0.486 e. The van der Waals surface area contributed by atoms with Gasteiger partial charge < -0.3 is 9.47 Å². The first-order valence-corrected chi connectivity index (χ1v) is 7.14. The average molecular weight is 314 g/mol. The molecule has 0 spiro atoms. The number of amides is 1. The van der Waals surface area contributed by atoms with Crippen LogP contribution in [0.2, 0.25) is 0 Å². The number of ether oxygens (including phenoxy) is 2. The van der Waals surface area contributed by atoms with Gasteiger partial charge in [-0.3, -0.25) is 4.79 Å². The largest absolute Gasteiger partial charge is 0.486 e. The average Bonchev–Trinajstić information content (AvgIpc) is 2.59. The first kappa shape index (κ1) is 15.0. The molecule has 0 saturated heterocycles. The molecular formula is C17H15FN2O3. The third kappa shape index (κ3) is 3.48. The molecule has 1 aliphatic rings. The van der Waals surface area contributed by atoms with Gasteiger partial charge in [-0.15, -0.1) is 0 Å². The maximum Gasteiger partial charge on any atom is 0.271 e. The van der Waals surface area contributed by atoms with E-state index in [1.807, 2.05) is 18.2 Å². The van der Waals surface area contributed by atoms with Gasteiger partial charge in [0.2, 0.25) is 0 Å². The van der Waals surface area contributed by atoms with Crippen molar-refractivity contribution in [2.45, 2.75) is 6.92 Å². The summed E-state index contributed by atoms with van der Waals surface area (Å²) in [6.07, 6.45) is 0. The molecule has 0 aromatic heterocycles. The first-order chi connectivity index (χ1) is 11.1. The highest BCUT2D eigenvalue weighted by molar-refractivity contribution is 6.01. The van der Waals surface area contributed by atoms with Crippen LogP contribution >= 0.6 is 0 Å². The molecule has 1 aliphatic heterocycles. The molecular weight excluding hydrogens is 299 g/mol. The third-order valence-corrected chi connectivity index (χ3v) is 3.39. The second kappa shape index (κ2) is 6.48. The van der Waals surface area contributed by atoms with E-state index < -0.39 is 11.7 Å². The Morgan fingerprint density at radius 2 is 1.70 bits per heavy atom. The van der Waals surface area contributed by atoms with Crippen LogP contribution in [-0.2, 0) is 0 Å². The lowest BCUT2D eigenvalue weighted by molar-refractivity contribution is 0.0955. The highest BCUT2D eigenvalue weighted by Gasteiger charge is 2.13. The normalized spacial score (nSPS) is 13.6. The maximum atomic E-state index is 12.8. The zero-order chi connectivity index (χ0) is 16.2. The van der Waals surface area contributed by atoms with Crippen LogP contribution in [0, 0.1) is 5.82 Å². The highest BCUT2D eigenvalue weighted by Crippen LogP contribution is 2.30. The van der Waals surface area contributed by atoms with Gasteiger partial charge in [0.25, 0.3) is 5.91 Å². The number of rotatable bonds is 3. The van der Waals surface area contributed by atoms with Crippen LogP contribution in [0.1, 0.15) is 22.8 Å². The first-order valence-electron chi connectivity index (χ1n) is 7.14. The van der Waals surface area contributed by atoms with Crippen molar-refractivity contribution in [1.82, 2.24) is 5.43 Å². The van der Waals surface area contributed by atoms with E-state index in [2.05, 4.69) is 10.5 Å². The fourth-order valence-electron chi connectivity index (χ4n) is 2.13. The van der Waals surface area contributed by atoms with E-state index in [4.69, 9.17) is 9.47 Å². The summed E-state index contributed by atoms with van der Waals surface area (Å²) >= 11 is 0. The van der Waals surface area contributed by atoms with Crippen molar-refractivity contribution in [2.75, 3.05) is 13.2 Å². The number of nitrogens with one attached hydrogen (secondary N) is 1. The van der Waals surface area contributed by atoms with E-state index in [0.29, 0.717) is 36.0 Å². The molecule has 118 valence electrons. The number of hydrogen-bond acceptors (Lipinski definition) is 4. The zero-order valence-corrected chi connectivity index (χ0v) is 12.5. The molecule has 0 fully saturated rings. The summed E-state index contributed by atoms with van der Waals surface area (Å²) in [5, 5.41) is 4.07. The van der Waals surface area contributed by atoms with Gasteiger partial charge in [0.05, 0.1) is 5.71 Å². The number of hydrogen-bond donors (Lipinski definition) is 1. The van der Waals surface area contributed by atoms with Crippen LogP contribution in [-0.4, -0.2) is 24.8 Å². The minimum absolute atomic E-state index is 0.338. The molecule has 6 heteroatoms. The number of hydrazone groups is 1. The van der Waals surface area contributed by atoms with E-state index in [1.54, 1.807) is 6.92 Å². The van der Waals surface area contributed by atoms with Crippen molar-refractivity contribution in [3.05, 3.63) is 59.4 Å². The monoisotopic (exact) mass is 314 g/mol. The Hall–Kier alpha value is -2.89. The molecule has 0 atom stereocenters. The maximum absolute atomic E-state index is 12.8. The van der Waals surface area contributed by atoms with E-state index in [9.17, 15) is 9.18 Å². The predicted octanol–water partition coefficient (Wildman–Crippen LogP) is 2.75. The summed E-state index contributed by atoms with van der Waals surface area (Å²) < 4.78 is 23.8. The summed E-state index contributed by atoms with van der Waals surface area (Å²) in [7, 11) is 0. The molecule has 1 heterocycles. The molecule has 1 N–H and O–H groups in total. The minimum atomic E-state index is -0.401. The standard InChI is InChI=1S/C17H15FN2O3/c1-11(13-4-7-15-16(10-13)23-9-8-22-15)19-20-17(21)12-2-5-14(18)6-3-12/h2-7,10H,8-9H2,1H3,(H,20,21)/b19-11-. The van der Waals surface area contributed by atoms with Gasteiger partial charge in [0, 0.05) is 11.1 Å². The summed E-state index contributed by atoms with van der Waals surface area (Å²) in [6.45, 7) is 2.82. The summed E-state index contributed by atoms with van der Waals surface area (Å²) in [6, 6.07) is 10.7. The molecule has 2 aromatic carbocycles. The van der Waals surface area contributed by atoms with Crippen LogP contribution in [0.4, 0.5) is 4.39 Å². The third-order valence-electron chi connectivity index (χ3n) is 3.39. The second-order valence-electron chi connectivity index (χ2n) is 5.00. The molecule has 2 aromatic rings. The Balaban J connectivity index is 1.72. The van der Waals surface area contributed by atoms with Gasteiger partial charge >= 0.3 is 0 Å². The van der Waals surface area contributed by atoms with Crippen molar-refractivity contribution in [3.63, 3.8) is 0 Å². The topological polar surface area (TPSA) is 59.9 Å². The predicted molar refractivity (Wildman–Crippen MR) is 83.5 cm³/mol. The lowest BCUT2D eigenvalue weighted by Gasteiger charge is -2.18. The fraction of sp³-hybridized carbons (Fsp3) is 0.176. The van der Waals surface area contributed by atoms with Crippen molar-refractivity contribution < 1.29 is 18.7 Å². The summed E-state index contributed by atoms with van der Waals surface area (Å²) in [4.78, 5) is 11.9. The van der Waals surface area contributed by atoms with Crippen molar-refractivity contribution in [1.29, 1.82) is 0 Å². The van der Waals surface area contributed by atoms with Gasteiger partial charge in [-0.05, 0) is 49.4 Å². The molecule has 1 amide bonds. The lowest BCUT2D eigenvalue weighted by atomic mass is 10.1. The van der Waals surface area contributed by atoms with Crippen LogP contribution in [0.15, 0.2) is 47.6 Å². The van der Waals surface area contributed by atoms with Gasteiger partial charge in [0.15, 0.2) is 11.5 Å². The lowest BCUT2D eigenvalue weighted by Crippen LogP contribution is -2.19. The fourth-order valence-corrected chi connectivity index (χ4v) is 2.13. The Bertz CT molecular complexity index is 757. The molecule has 0 radical (unpaired) electrons. The number of fused-ring (bicyclic) bond motifs is 1. The second-order valence-corrected chi connectivity index (χ2v) is 5.00. The van der Waals surface area contributed by atoms with E-state index in [1.165, 1.54) is 24.3 Å².